The van der Waals surface area contributed by atoms with Gasteiger partial charge in [-0.3, -0.25) is 0 Å². The first-order valence-electron chi connectivity index (χ1n) is 8.28. The molecule has 0 fully saturated rings. The van der Waals surface area contributed by atoms with Crippen LogP contribution in [0.5, 0.6) is 0 Å². The van der Waals surface area contributed by atoms with Gasteiger partial charge in [-0.05, 0) is 46.5 Å². The molecule has 0 amide bonds. The van der Waals surface area contributed by atoms with E-state index in [0.29, 0.717) is 18.2 Å². The predicted molar refractivity (Wildman–Crippen MR) is 110 cm³/mol. The zero-order valence-electron chi connectivity index (χ0n) is 15.2. The Labute approximate surface area is 164 Å². The molecule has 0 aliphatic carbocycles. The van der Waals surface area contributed by atoms with E-state index in [1.54, 1.807) is 0 Å². The number of nitrogens with two attached hydrogens (primary N) is 1. The average molecular weight is 392 g/mol. The Kier molecular flexibility index (Phi) is 7.86. The highest BCUT2D eigenvalue weighted by Gasteiger charge is 2.12. The minimum absolute atomic E-state index is 0.167. The highest BCUT2D eigenvalue weighted by Crippen LogP contribution is 2.22. The van der Waals surface area contributed by atoms with Gasteiger partial charge in [0.05, 0.1) is 12.0 Å². The lowest BCUT2D eigenvalue weighted by molar-refractivity contribution is -0.195. The van der Waals surface area contributed by atoms with E-state index < -0.39 is 0 Å². The smallest absolute Gasteiger partial charge is 0.166 e. The lowest BCUT2D eigenvalue weighted by Gasteiger charge is -2.19. The van der Waals surface area contributed by atoms with Gasteiger partial charge in [-0.15, -0.1) is 9.32 Å². The number of rotatable bonds is 7. The lowest BCUT2D eigenvalue weighted by atomic mass is 9.87. The third-order valence-electron chi connectivity index (χ3n) is 3.82. The summed E-state index contributed by atoms with van der Waals surface area (Å²) >= 11 is 6.40. The van der Waals surface area contributed by atoms with Crippen LogP contribution >= 0.6 is 24.3 Å². The second-order valence-electron chi connectivity index (χ2n) is 6.87. The zero-order valence-corrected chi connectivity index (χ0v) is 16.9. The Morgan fingerprint density at radius 1 is 0.962 bits per heavy atom. The highest BCUT2D eigenvalue weighted by molar-refractivity contribution is 7.94. The van der Waals surface area contributed by atoms with Crippen LogP contribution in [0.15, 0.2) is 53.4 Å². The lowest BCUT2D eigenvalue weighted by Crippen LogP contribution is -2.34. The van der Waals surface area contributed by atoms with E-state index in [0.717, 1.165) is 22.5 Å². The van der Waals surface area contributed by atoms with Gasteiger partial charge in [0.25, 0.3) is 0 Å². The largest absolute Gasteiger partial charge is 0.359 e. The van der Waals surface area contributed by atoms with Gasteiger partial charge in [-0.1, -0.05) is 57.2 Å². The molecule has 5 nitrogen and oxygen atoms in total. The van der Waals surface area contributed by atoms with Crippen LogP contribution in [0.4, 0.5) is 0 Å². The minimum Gasteiger partial charge on any atom is -0.359 e. The fraction of sp³-hybridized carbons (Fsp3) is 0.316. The molecule has 26 heavy (non-hydrogen) atoms. The molecule has 0 radical (unpaired) electrons. The Morgan fingerprint density at radius 2 is 1.46 bits per heavy atom. The second kappa shape index (κ2) is 9.89. The maximum absolute atomic E-state index is 5.34. The van der Waals surface area contributed by atoms with Gasteiger partial charge in [0.1, 0.15) is 0 Å². The molecule has 0 bridgehead atoms. The summed E-state index contributed by atoms with van der Waals surface area (Å²) in [6.45, 7) is 7.98. The molecule has 0 saturated carbocycles. The highest BCUT2D eigenvalue weighted by atomic mass is 32.2. The first-order valence-corrected chi connectivity index (χ1v) is 9.43. The minimum atomic E-state index is 0.167. The van der Waals surface area contributed by atoms with Crippen LogP contribution in [-0.2, 0) is 27.8 Å². The number of hydrogen-bond acceptors (Lipinski definition) is 5. The zero-order chi connectivity index (χ0) is 19.0. The summed E-state index contributed by atoms with van der Waals surface area (Å²) in [7, 11) is 0. The average Bonchev–Trinajstić information content (AvgIpc) is 2.63. The third-order valence-corrected chi connectivity index (χ3v) is 4.72. The summed E-state index contributed by atoms with van der Waals surface area (Å²) in [5.41, 5.74) is 3.81. The molecule has 0 atom stereocenters. The Balaban J connectivity index is 1.75. The summed E-state index contributed by atoms with van der Waals surface area (Å²) in [5.74, 6) is 4.81. The Bertz CT molecular complexity index is 698. The van der Waals surface area contributed by atoms with Crippen LogP contribution in [0.2, 0.25) is 0 Å². The summed E-state index contributed by atoms with van der Waals surface area (Å²) in [6.07, 6.45) is 0. The molecule has 2 rings (SSSR count). The molecule has 0 unspecified atom stereocenters. The van der Waals surface area contributed by atoms with Crippen molar-refractivity contribution >= 4 is 29.4 Å². The summed E-state index contributed by atoms with van der Waals surface area (Å²) < 4.78 is 4.61. The van der Waals surface area contributed by atoms with Gasteiger partial charge in [-0.25, -0.2) is 0 Å². The van der Waals surface area contributed by atoms with Gasteiger partial charge in [-0.2, -0.15) is 5.90 Å². The van der Waals surface area contributed by atoms with Gasteiger partial charge < -0.3 is 10.6 Å². The van der Waals surface area contributed by atoms with Gasteiger partial charge in [0.2, 0.25) is 0 Å². The van der Waals surface area contributed by atoms with Crippen LogP contribution in [0.3, 0.4) is 0 Å². The molecule has 0 aliphatic rings. The molecule has 0 aliphatic heterocycles. The van der Waals surface area contributed by atoms with Crippen LogP contribution < -0.4 is 16.5 Å². The SMILES string of the molecule is CC(C)(C)c1ccc(CNC(=S)NCc2ccc(SOON)cc2)cc1. The van der Waals surface area contributed by atoms with Gasteiger partial charge in [0.15, 0.2) is 5.11 Å². The number of hydrogen-bond donors (Lipinski definition) is 3. The molecule has 2 aromatic rings. The van der Waals surface area contributed by atoms with Crippen molar-refractivity contribution in [1.82, 2.24) is 10.6 Å². The van der Waals surface area contributed by atoms with Crippen molar-refractivity contribution < 1.29 is 9.32 Å². The third kappa shape index (κ3) is 6.93. The van der Waals surface area contributed by atoms with Crippen molar-refractivity contribution in [3.05, 3.63) is 65.2 Å². The maximum Gasteiger partial charge on any atom is 0.166 e. The summed E-state index contributed by atoms with van der Waals surface area (Å²) in [5, 5.41) is 7.07. The first kappa shape index (κ1) is 20.7. The molecule has 2 aromatic carbocycles. The molecule has 0 spiro atoms. The van der Waals surface area contributed by atoms with Crippen molar-refractivity contribution in [2.75, 3.05) is 0 Å². The molecule has 7 heteroatoms. The van der Waals surface area contributed by atoms with Crippen molar-refractivity contribution in [3.63, 3.8) is 0 Å². The summed E-state index contributed by atoms with van der Waals surface area (Å²) in [4.78, 5) is 4.97. The number of benzene rings is 2. The van der Waals surface area contributed by atoms with Gasteiger partial charge in [0, 0.05) is 18.0 Å². The predicted octanol–water partition coefficient (Wildman–Crippen LogP) is 3.98. The van der Waals surface area contributed by atoms with E-state index in [1.165, 1.54) is 11.1 Å². The van der Waals surface area contributed by atoms with Crippen molar-refractivity contribution in [3.8, 4) is 0 Å². The monoisotopic (exact) mass is 391 g/mol. The standard InChI is InChI=1S/C19H25N3O2S2/c1-19(2,3)16-8-4-14(5-9-16)12-21-18(25)22-13-15-6-10-17(11-7-15)26-24-23-20/h4-11H,12-13,20H2,1-3H3,(H2,21,22,25). The molecule has 4 N–H and O–H groups in total. The summed E-state index contributed by atoms with van der Waals surface area (Å²) in [6, 6.07) is 16.5. The van der Waals surface area contributed by atoms with E-state index in [2.05, 4.69) is 65.0 Å². The molecule has 140 valence electrons. The van der Waals surface area contributed by atoms with Crippen LogP contribution in [0, 0.1) is 0 Å². The Morgan fingerprint density at radius 3 is 1.92 bits per heavy atom. The second-order valence-corrected chi connectivity index (χ2v) is 8.06. The normalized spacial score (nSPS) is 11.2. The fourth-order valence-corrected chi connectivity index (χ4v) is 2.78. The quantitative estimate of drug-likeness (QED) is 0.285. The number of thiocarbonyl (C=S) groups is 1. The molecule has 0 heterocycles. The maximum atomic E-state index is 5.34. The molecule has 0 aromatic heterocycles. The van der Waals surface area contributed by atoms with E-state index in [-0.39, 0.29) is 5.41 Å². The topological polar surface area (TPSA) is 68.5 Å². The Hall–Kier alpha value is -1.64. The van der Waals surface area contributed by atoms with Crippen molar-refractivity contribution in [2.24, 2.45) is 5.90 Å². The van der Waals surface area contributed by atoms with Crippen LogP contribution in [0.1, 0.15) is 37.5 Å². The fourth-order valence-electron chi connectivity index (χ4n) is 2.27. The van der Waals surface area contributed by atoms with E-state index in [4.69, 9.17) is 18.1 Å². The molecular formula is C19H25N3O2S2. The van der Waals surface area contributed by atoms with E-state index in [1.807, 2.05) is 24.3 Å². The van der Waals surface area contributed by atoms with E-state index in [9.17, 15) is 0 Å². The van der Waals surface area contributed by atoms with E-state index >= 15 is 0 Å². The van der Waals surface area contributed by atoms with Crippen molar-refractivity contribution in [1.29, 1.82) is 0 Å². The van der Waals surface area contributed by atoms with Crippen LogP contribution in [-0.4, -0.2) is 5.11 Å². The van der Waals surface area contributed by atoms with Crippen molar-refractivity contribution in [2.45, 2.75) is 44.2 Å². The molecule has 0 saturated heterocycles. The first-order chi connectivity index (χ1) is 12.4. The number of nitrogens with one attached hydrogen (secondary N) is 2. The van der Waals surface area contributed by atoms with Crippen LogP contribution in [0.25, 0.3) is 0 Å². The molecular weight excluding hydrogens is 366 g/mol. The van der Waals surface area contributed by atoms with Gasteiger partial charge >= 0.3 is 0 Å².